The Hall–Kier alpha value is -2.46. The maximum Gasteiger partial charge on any atom is 0.0824 e. The molecule has 3 N–H and O–H groups in total. The van der Waals surface area contributed by atoms with E-state index in [0.29, 0.717) is 6.42 Å². The molecule has 0 aromatic heterocycles. The summed E-state index contributed by atoms with van der Waals surface area (Å²) in [5, 5.41) is 32.5. The van der Waals surface area contributed by atoms with Crippen LogP contribution in [0.15, 0.2) is 91.0 Å². The van der Waals surface area contributed by atoms with Gasteiger partial charge in [0.1, 0.15) is 0 Å². The van der Waals surface area contributed by atoms with Gasteiger partial charge in [0.15, 0.2) is 0 Å². The molecule has 0 aliphatic carbocycles. The van der Waals surface area contributed by atoms with Crippen molar-refractivity contribution in [2.24, 2.45) is 0 Å². The van der Waals surface area contributed by atoms with Crippen LogP contribution in [0.4, 0.5) is 0 Å². The Balaban J connectivity index is 2.17. The van der Waals surface area contributed by atoms with Crippen molar-refractivity contribution < 1.29 is 15.3 Å². The number of benzene rings is 3. The van der Waals surface area contributed by atoms with Crippen molar-refractivity contribution in [1.29, 1.82) is 0 Å². The quantitative estimate of drug-likeness (QED) is 0.478. The topological polar surface area (TPSA) is 60.7 Å². The Morgan fingerprint density at radius 2 is 1.00 bits per heavy atom. The largest absolute Gasteiger partial charge is 0.391 e. The summed E-state index contributed by atoms with van der Waals surface area (Å²) in [7, 11) is 0. The second-order valence-electron chi connectivity index (χ2n) is 7.58. The monoisotopic (exact) mass is 390 g/mol. The zero-order valence-corrected chi connectivity index (χ0v) is 16.9. The summed E-state index contributed by atoms with van der Waals surface area (Å²) in [6.45, 7) is 1.97. The van der Waals surface area contributed by atoms with Crippen molar-refractivity contribution >= 4 is 0 Å². The molecule has 3 heteroatoms. The van der Waals surface area contributed by atoms with Gasteiger partial charge in [0.05, 0.1) is 23.7 Å². The maximum absolute atomic E-state index is 11.6. The minimum absolute atomic E-state index is 0.0693. The molecule has 0 fully saturated rings. The predicted octanol–water partition coefficient (Wildman–Crippen LogP) is 4.29. The van der Waals surface area contributed by atoms with Gasteiger partial charge < -0.3 is 15.3 Å². The van der Waals surface area contributed by atoms with Crippen molar-refractivity contribution in [3.8, 4) is 0 Å². The van der Waals surface area contributed by atoms with Gasteiger partial charge in [-0.05, 0) is 23.1 Å². The third-order valence-electron chi connectivity index (χ3n) is 5.68. The van der Waals surface area contributed by atoms with Crippen molar-refractivity contribution in [3.05, 3.63) is 108 Å². The normalized spacial score (nSPS) is 14.9. The molecule has 0 heterocycles. The van der Waals surface area contributed by atoms with E-state index in [4.69, 9.17) is 0 Å². The second-order valence-corrected chi connectivity index (χ2v) is 7.58. The van der Waals surface area contributed by atoms with E-state index in [1.807, 2.05) is 97.9 Å². The van der Waals surface area contributed by atoms with Crippen LogP contribution in [0, 0.1) is 0 Å². The van der Waals surface area contributed by atoms with E-state index >= 15 is 0 Å². The molecule has 0 spiro atoms. The summed E-state index contributed by atoms with van der Waals surface area (Å²) < 4.78 is 0. The first-order valence-corrected chi connectivity index (χ1v) is 10.3. The minimum Gasteiger partial charge on any atom is -0.391 e. The first-order chi connectivity index (χ1) is 14.1. The van der Waals surface area contributed by atoms with Crippen LogP contribution >= 0.6 is 0 Å². The molecule has 3 unspecified atom stereocenters. The summed E-state index contributed by atoms with van der Waals surface area (Å²) in [5.74, 6) is 0. The van der Waals surface area contributed by atoms with Crippen molar-refractivity contribution in [2.75, 3.05) is 0 Å². The molecular formula is C26H30O3. The molecule has 0 saturated heterocycles. The SMILES string of the molecule is CCCC(O)C(O)CC(O)C(c1ccccc1)(c1ccccc1)c1ccccc1. The van der Waals surface area contributed by atoms with E-state index in [-0.39, 0.29) is 6.42 Å². The maximum atomic E-state index is 11.6. The van der Waals surface area contributed by atoms with E-state index in [0.717, 1.165) is 23.1 Å². The number of hydrogen-bond acceptors (Lipinski definition) is 3. The summed E-state index contributed by atoms with van der Waals surface area (Å²) in [4.78, 5) is 0. The lowest BCUT2D eigenvalue weighted by Gasteiger charge is -2.41. The molecule has 3 aromatic rings. The van der Waals surface area contributed by atoms with Crippen LogP contribution < -0.4 is 0 Å². The van der Waals surface area contributed by atoms with Crippen LogP contribution in [-0.4, -0.2) is 33.6 Å². The Bertz CT molecular complexity index is 752. The van der Waals surface area contributed by atoms with Crippen LogP contribution in [0.1, 0.15) is 42.9 Å². The highest BCUT2D eigenvalue weighted by atomic mass is 16.3. The number of aliphatic hydroxyl groups excluding tert-OH is 3. The van der Waals surface area contributed by atoms with E-state index < -0.39 is 23.7 Å². The van der Waals surface area contributed by atoms with Crippen molar-refractivity contribution in [3.63, 3.8) is 0 Å². The molecular weight excluding hydrogens is 360 g/mol. The van der Waals surface area contributed by atoms with E-state index in [9.17, 15) is 15.3 Å². The highest BCUT2D eigenvalue weighted by molar-refractivity contribution is 5.52. The van der Waals surface area contributed by atoms with Gasteiger partial charge in [-0.1, -0.05) is 104 Å². The third kappa shape index (κ3) is 4.43. The lowest BCUT2D eigenvalue weighted by molar-refractivity contribution is -0.0253. The van der Waals surface area contributed by atoms with Gasteiger partial charge >= 0.3 is 0 Å². The highest BCUT2D eigenvalue weighted by Gasteiger charge is 2.44. The number of hydrogen-bond donors (Lipinski definition) is 3. The van der Waals surface area contributed by atoms with Gasteiger partial charge in [0.2, 0.25) is 0 Å². The lowest BCUT2D eigenvalue weighted by atomic mass is 9.64. The van der Waals surface area contributed by atoms with E-state index in [1.54, 1.807) is 0 Å². The molecule has 3 rings (SSSR count). The van der Waals surface area contributed by atoms with Gasteiger partial charge in [0, 0.05) is 6.42 Å². The molecule has 3 aromatic carbocycles. The molecule has 0 aliphatic rings. The zero-order chi connectivity index (χ0) is 20.7. The second kappa shape index (κ2) is 9.84. The van der Waals surface area contributed by atoms with Crippen LogP contribution in [0.25, 0.3) is 0 Å². The Morgan fingerprint density at radius 3 is 1.34 bits per heavy atom. The van der Waals surface area contributed by atoms with Crippen LogP contribution in [0.3, 0.4) is 0 Å². The van der Waals surface area contributed by atoms with Crippen molar-refractivity contribution in [1.82, 2.24) is 0 Å². The molecule has 29 heavy (non-hydrogen) atoms. The van der Waals surface area contributed by atoms with Crippen LogP contribution in [0.2, 0.25) is 0 Å². The molecule has 0 bridgehead atoms. The summed E-state index contributed by atoms with van der Waals surface area (Å²) in [5.41, 5.74) is 1.97. The summed E-state index contributed by atoms with van der Waals surface area (Å²) in [6, 6.07) is 29.7. The average molecular weight is 391 g/mol. The smallest absolute Gasteiger partial charge is 0.0824 e. The van der Waals surface area contributed by atoms with Crippen molar-refractivity contribution in [2.45, 2.75) is 49.9 Å². The zero-order valence-electron chi connectivity index (χ0n) is 16.9. The number of rotatable bonds is 9. The summed E-state index contributed by atoms with van der Waals surface area (Å²) >= 11 is 0. The third-order valence-corrected chi connectivity index (χ3v) is 5.68. The fourth-order valence-electron chi connectivity index (χ4n) is 4.23. The first-order valence-electron chi connectivity index (χ1n) is 10.3. The fourth-order valence-corrected chi connectivity index (χ4v) is 4.23. The fraction of sp³-hybridized carbons (Fsp3) is 0.308. The molecule has 0 radical (unpaired) electrons. The lowest BCUT2D eigenvalue weighted by Crippen LogP contribution is -2.45. The van der Waals surface area contributed by atoms with E-state index in [2.05, 4.69) is 0 Å². The molecule has 0 amide bonds. The highest BCUT2D eigenvalue weighted by Crippen LogP contribution is 2.43. The standard InChI is InChI=1S/C26H30O3/c1-2-12-23(27)24(28)19-25(29)26(20-13-6-3-7-14-20,21-15-8-4-9-16-21)22-17-10-5-11-18-22/h3-11,13-18,23-25,27-29H,2,12,19H2,1H3. The van der Waals surface area contributed by atoms with Gasteiger partial charge in [-0.3, -0.25) is 0 Å². The van der Waals surface area contributed by atoms with E-state index in [1.165, 1.54) is 0 Å². The first kappa shape index (κ1) is 21.3. The molecule has 152 valence electrons. The van der Waals surface area contributed by atoms with Crippen LogP contribution in [-0.2, 0) is 5.41 Å². The molecule has 0 aliphatic heterocycles. The molecule has 0 saturated carbocycles. The van der Waals surface area contributed by atoms with Gasteiger partial charge in [-0.15, -0.1) is 0 Å². The number of aliphatic hydroxyl groups is 3. The van der Waals surface area contributed by atoms with Gasteiger partial charge in [-0.25, -0.2) is 0 Å². The predicted molar refractivity (Wildman–Crippen MR) is 117 cm³/mol. The van der Waals surface area contributed by atoms with Gasteiger partial charge in [-0.2, -0.15) is 0 Å². The Kier molecular flexibility index (Phi) is 7.21. The summed E-state index contributed by atoms with van der Waals surface area (Å²) in [6.07, 6.45) is -1.44. The molecule has 3 atom stereocenters. The van der Waals surface area contributed by atoms with Gasteiger partial charge in [0.25, 0.3) is 0 Å². The average Bonchev–Trinajstić information content (AvgIpc) is 2.77. The van der Waals surface area contributed by atoms with Crippen LogP contribution in [0.5, 0.6) is 0 Å². The minimum atomic E-state index is -1.000. The Morgan fingerprint density at radius 1 is 0.621 bits per heavy atom. The molecule has 3 nitrogen and oxygen atoms in total. The Labute approximate surface area is 173 Å².